The molecule has 1 rings (SSSR count). The van der Waals surface area contributed by atoms with Crippen LogP contribution >= 0.6 is 0 Å². The zero-order valence-electron chi connectivity index (χ0n) is 8.05. The molecule has 1 aromatic rings. The van der Waals surface area contributed by atoms with Crippen LogP contribution in [0.25, 0.3) is 0 Å². The fourth-order valence-electron chi connectivity index (χ4n) is 0.827. The van der Waals surface area contributed by atoms with Gasteiger partial charge in [0.1, 0.15) is 5.82 Å². The van der Waals surface area contributed by atoms with Crippen LogP contribution in [0.3, 0.4) is 0 Å². The highest BCUT2D eigenvalue weighted by molar-refractivity contribution is 5.07. The molecule has 0 aliphatic heterocycles. The van der Waals surface area contributed by atoms with E-state index in [-0.39, 0.29) is 5.54 Å². The molecule has 0 spiro atoms. The lowest BCUT2D eigenvalue weighted by atomic mass is 10.1. The maximum Gasteiger partial charge on any atom is 0.147 e. The van der Waals surface area contributed by atoms with Crippen molar-refractivity contribution >= 4 is 0 Å². The van der Waals surface area contributed by atoms with Crippen molar-refractivity contribution in [2.75, 3.05) is 7.05 Å². The Kier molecular flexibility index (Phi) is 2.43. The normalized spacial score (nSPS) is 11.7. The summed E-state index contributed by atoms with van der Waals surface area (Å²) in [4.78, 5) is 8.49. The fraction of sp³-hybridized carbons (Fsp3) is 0.556. The zero-order chi connectivity index (χ0) is 9.19. The first-order chi connectivity index (χ1) is 5.56. The molecular weight excluding hydrogens is 150 g/mol. The molecule has 0 aromatic carbocycles. The Balaban J connectivity index is 2.96. The van der Waals surface area contributed by atoms with Crippen molar-refractivity contribution in [1.82, 2.24) is 15.3 Å². The summed E-state index contributed by atoms with van der Waals surface area (Å²) in [5.74, 6) is 0.829. The van der Waals surface area contributed by atoms with E-state index in [1.807, 2.05) is 26.4 Å². The van der Waals surface area contributed by atoms with Gasteiger partial charge >= 0.3 is 0 Å². The van der Waals surface area contributed by atoms with E-state index in [1.54, 1.807) is 0 Å². The topological polar surface area (TPSA) is 37.8 Å². The lowest BCUT2D eigenvalue weighted by Gasteiger charge is -2.21. The third kappa shape index (κ3) is 1.80. The van der Waals surface area contributed by atoms with Crippen molar-refractivity contribution in [3.63, 3.8) is 0 Å². The Morgan fingerprint density at radius 3 is 2.17 bits per heavy atom. The van der Waals surface area contributed by atoms with Gasteiger partial charge in [-0.15, -0.1) is 0 Å². The van der Waals surface area contributed by atoms with Crippen molar-refractivity contribution in [1.29, 1.82) is 0 Å². The predicted octanol–water partition coefficient (Wildman–Crippen LogP) is 1.24. The number of hydrogen-bond donors (Lipinski definition) is 1. The molecule has 0 saturated carbocycles. The molecule has 0 atom stereocenters. The quantitative estimate of drug-likeness (QED) is 0.716. The fourth-order valence-corrected chi connectivity index (χ4v) is 0.827. The number of hydrogen-bond acceptors (Lipinski definition) is 3. The van der Waals surface area contributed by atoms with E-state index >= 15 is 0 Å². The molecule has 0 unspecified atom stereocenters. The van der Waals surface area contributed by atoms with E-state index in [4.69, 9.17) is 0 Å². The highest BCUT2D eigenvalue weighted by Crippen LogP contribution is 2.13. The molecule has 0 aliphatic carbocycles. The highest BCUT2D eigenvalue weighted by atomic mass is 15.0. The van der Waals surface area contributed by atoms with Gasteiger partial charge in [-0.2, -0.15) is 0 Å². The van der Waals surface area contributed by atoms with Gasteiger partial charge in [-0.25, -0.2) is 9.97 Å². The summed E-state index contributed by atoms with van der Waals surface area (Å²) in [6.45, 7) is 6.09. The zero-order valence-corrected chi connectivity index (χ0v) is 8.05. The van der Waals surface area contributed by atoms with Gasteiger partial charge in [0.05, 0.1) is 5.54 Å². The Morgan fingerprint density at radius 1 is 1.25 bits per heavy atom. The Morgan fingerprint density at radius 2 is 1.75 bits per heavy atom. The van der Waals surface area contributed by atoms with Gasteiger partial charge in [-0.1, -0.05) is 0 Å². The van der Waals surface area contributed by atoms with Crippen LogP contribution < -0.4 is 5.32 Å². The van der Waals surface area contributed by atoms with Crippen molar-refractivity contribution in [2.24, 2.45) is 0 Å². The van der Waals surface area contributed by atoms with Crippen LogP contribution in [0.1, 0.15) is 25.2 Å². The molecule has 12 heavy (non-hydrogen) atoms. The monoisotopic (exact) mass is 165 g/mol. The van der Waals surface area contributed by atoms with Gasteiger partial charge in [0.25, 0.3) is 0 Å². The largest absolute Gasteiger partial charge is 0.308 e. The molecule has 0 saturated heterocycles. The molecule has 0 amide bonds. The van der Waals surface area contributed by atoms with E-state index in [0.717, 1.165) is 11.4 Å². The molecule has 0 bridgehead atoms. The van der Waals surface area contributed by atoms with Gasteiger partial charge < -0.3 is 5.32 Å². The molecule has 1 heterocycles. The van der Waals surface area contributed by atoms with Crippen LogP contribution in [-0.4, -0.2) is 17.0 Å². The minimum atomic E-state index is -0.145. The van der Waals surface area contributed by atoms with Crippen LogP contribution in [0.4, 0.5) is 0 Å². The Labute approximate surface area is 73.2 Å². The van der Waals surface area contributed by atoms with E-state index in [2.05, 4.69) is 29.1 Å². The van der Waals surface area contributed by atoms with Crippen molar-refractivity contribution in [3.8, 4) is 0 Å². The molecule has 66 valence electrons. The van der Waals surface area contributed by atoms with E-state index in [0.29, 0.717) is 0 Å². The third-order valence-corrected chi connectivity index (χ3v) is 1.96. The van der Waals surface area contributed by atoms with Gasteiger partial charge in [0.15, 0.2) is 0 Å². The van der Waals surface area contributed by atoms with Crippen molar-refractivity contribution < 1.29 is 0 Å². The summed E-state index contributed by atoms with van der Waals surface area (Å²) < 4.78 is 0. The minimum Gasteiger partial charge on any atom is -0.308 e. The van der Waals surface area contributed by atoms with Gasteiger partial charge in [0.2, 0.25) is 0 Å². The molecular formula is C9H15N3. The second-order valence-electron chi connectivity index (χ2n) is 3.46. The van der Waals surface area contributed by atoms with Crippen LogP contribution in [0.5, 0.6) is 0 Å². The summed E-state index contributed by atoms with van der Waals surface area (Å²) in [6, 6.07) is 0. The Bertz CT molecular complexity index is 251. The molecule has 0 fully saturated rings. The summed E-state index contributed by atoms with van der Waals surface area (Å²) in [5.41, 5.74) is 0.943. The van der Waals surface area contributed by atoms with Crippen LogP contribution in [0, 0.1) is 6.92 Å². The van der Waals surface area contributed by atoms with Gasteiger partial charge in [-0.05, 0) is 33.4 Å². The van der Waals surface area contributed by atoms with Gasteiger partial charge in [0, 0.05) is 12.4 Å². The molecule has 1 aromatic heterocycles. The maximum atomic E-state index is 4.25. The van der Waals surface area contributed by atoms with Crippen LogP contribution in [0.15, 0.2) is 12.4 Å². The van der Waals surface area contributed by atoms with Crippen molar-refractivity contribution in [2.45, 2.75) is 26.3 Å². The third-order valence-electron chi connectivity index (χ3n) is 1.96. The minimum absolute atomic E-state index is 0.145. The van der Waals surface area contributed by atoms with E-state index in [1.165, 1.54) is 0 Å². The summed E-state index contributed by atoms with van der Waals surface area (Å²) in [5, 5.41) is 3.15. The van der Waals surface area contributed by atoms with Crippen molar-refractivity contribution in [3.05, 3.63) is 23.8 Å². The predicted molar refractivity (Wildman–Crippen MR) is 48.9 cm³/mol. The maximum absolute atomic E-state index is 4.25. The molecule has 3 heteroatoms. The summed E-state index contributed by atoms with van der Waals surface area (Å²) >= 11 is 0. The standard InChI is InChI=1S/C9H15N3/c1-7-5-11-8(12-6-7)9(2,3)10-4/h5-6,10H,1-4H3. The molecule has 3 nitrogen and oxygen atoms in total. The van der Waals surface area contributed by atoms with E-state index < -0.39 is 0 Å². The molecule has 0 radical (unpaired) electrons. The highest BCUT2D eigenvalue weighted by Gasteiger charge is 2.20. The smallest absolute Gasteiger partial charge is 0.147 e. The summed E-state index contributed by atoms with van der Waals surface area (Å²) in [6.07, 6.45) is 3.67. The average molecular weight is 165 g/mol. The first-order valence-electron chi connectivity index (χ1n) is 4.04. The number of nitrogens with zero attached hydrogens (tertiary/aromatic N) is 2. The number of nitrogens with one attached hydrogen (secondary N) is 1. The second kappa shape index (κ2) is 3.19. The van der Waals surface area contributed by atoms with E-state index in [9.17, 15) is 0 Å². The summed E-state index contributed by atoms with van der Waals surface area (Å²) in [7, 11) is 1.91. The number of aryl methyl sites for hydroxylation is 1. The lowest BCUT2D eigenvalue weighted by Crippen LogP contribution is -2.35. The number of rotatable bonds is 2. The SMILES string of the molecule is CNC(C)(C)c1ncc(C)cn1. The molecule has 1 N–H and O–H groups in total. The first-order valence-corrected chi connectivity index (χ1v) is 4.04. The molecule has 0 aliphatic rings. The average Bonchev–Trinajstić information content (AvgIpc) is 2.05. The van der Waals surface area contributed by atoms with Crippen LogP contribution in [-0.2, 0) is 5.54 Å². The first kappa shape index (κ1) is 9.13. The van der Waals surface area contributed by atoms with Gasteiger partial charge in [-0.3, -0.25) is 0 Å². The number of aromatic nitrogens is 2. The lowest BCUT2D eigenvalue weighted by molar-refractivity contribution is 0.416. The second-order valence-corrected chi connectivity index (χ2v) is 3.46. The Hall–Kier alpha value is -0.960. The van der Waals surface area contributed by atoms with Crippen LogP contribution in [0.2, 0.25) is 0 Å².